The van der Waals surface area contributed by atoms with Crippen molar-refractivity contribution in [2.75, 3.05) is 13.7 Å². The first-order chi connectivity index (χ1) is 12.2. The molecule has 0 aromatic heterocycles. The molecule has 0 radical (unpaired) electrons. The Labute approximate surface area is 147 Å². The molecule has 5 heteroatoms. The predicted molar refractivity (Wildman–Crippen MR) is 94.8 cm³/mol. The summed E-state index contributed by atoms with van der Waals surface area (Å²) in [4.78, 5) is 22.9. The van der Waals surface area contributed by atoms with E-state index in [9.17, 15) is 9.59 Å². The Bertz CT molecular complexity index is 707. The number of hydrogen-bond acceptors (Lipinski definition) is 5. The van der Waals surface area contributed by atoms with Crippen molar-refractivity contribution in [2.45, 2.75) is 26.2 Å². The molecule has 0 heterocycles. The summed E-state index contributed by atoms with van der Waals surface area (Å²) in [7, 11) is 1.53. The van der Waals surface area contributed by atoms with Crippen LogP contribution >= 0.6 is 0 Å². The van der Waals surface area contributed by atoms with Gasteiger partial charge in [0.1, 0.15) is 12.0 Å². The van der Waals surface area contributed by atoms with Gasteiger partial charge in [0.15, 0.2) is 11.5 Å². The molecule has 0 amide bonds. The molecule has 0 bridgehead atoms. The van der Waals surface area contributed by atoms with Crippen LogP contribution in [-0.2, 0) is 0 Å². The second-order valence-electron chi connectivity index (χ2n) is 5.50. The van der Waals surface area contributed by atoms with Gasteiger partial charge in [0.25, 0.3) is 0 Å². The first kappa shape index (κ1) is 18.5. The summed E-state index contributed by atoms with van der Waals surface area (Å²) >= 11 is 0. The number of carbonyl (C=O) groups is 2. The van der Waals surface area contributed by atoms with Crippen molar-refractivity contribution >= 4 is 12.3 Å². The summed E-state index contributed by atoms with van der Waals surface area (Å²) < 4.78 is 16.3. The van der Waals surface area contributed by atoms with E-state index in [1.165, 1.54) is 7.11 Å². The van der Waals surface area contributed by atoms with Crippen LogP contribution in [0.3, 0.4) is 0 Å². The molecule has 0 fully saturated rings. The Morgan fingerprint density at radius 2 is 1.80 bits per heavy atom. The molecule has 25 heavy (non-hydrogen) atoms. The lowest BCUT2D eigenvalue weighted by atomic mass is 10.2. The monoisotopic (exact) mass is 342 g/mol. The third-order valence-electron chi connectivity index (χ3n) is 3.63. The first-order valence-electron chi connectivity index (χ1n) is 8.26. The molecule has 0 atom stereocenters. The van der Waals surface area contributed by atoms with Crippen LogP contribution in [0, 0.1) is 0 Å². The molecule has 0 spiro atoms. The molecule has 0 aliphatic rings. The molecule has 2 rings (SSSR count). The molecule has 0 unspecified atom stereocenters. The number of esters is 1. The maximum atomic E-state index is 12.3. The molecule has 0 aliphatic carbocycles. The largest absolute Gasteiger partial charge is 0.493 e. The van der Waals surface area contributed by atoms with E-state index in [-0.39, 0.29) is 0 Å². The van der Waals surface area contributed by atoms with Crippen molar-refractivity contribution in [2.24, 2.45) is 0 Å². The van der Waals surface area contributed by atoms with Gasteiger partial charge in [-0.1, -0.05) is 19.8 Å². The summed E-state index contributed by atoms with van der Waals surface area (Å²) in [5.41, 5.74) is 0.878. The molecular weight excluding hydrogens is 320 g/mol. The van der Waals surface area contributed by atoms with Gasteiger partial charge in [0.05, 0.1) is 19.3 Å². The quantitative estimate of drug-likeness (QED) is 0.294. The van der Waals surface area contributed by atoms with E-state index in [0.29, 0.717) is 35.0 Å². The normalized spacial score (nSPS) is 10.2. The molecule has 132 valence electrons. The highest BCUT2D eigenvalue weighted by molar-refractivity contribution is 5.92. The average Bonchev–Trinajstić information content (AvgIpc) is 2.65. The zero-order chi connectivity index (χ0) is 18.1. The Morgan fingerprint density at radius 1 is 1.04 bits per heavy atom. The van der Waals surface area contributed by atoms with Gasteiger partial charge in [-0.15, -0.1) is 0 Å². The van der Waals surface area contributed by atoms with Gasteiger partial charge >= 0.3 is 5.97 Å². The Hall–Kier alpha value is -2.82. The smallest absolute Gasteiger partial charge is 0.343 e. The van der Waals surface area contributed by atoms with Gasteiger partial charge < -0.3 is 14.2 Å². The number of aldehydes is 1. The highest BCUT2D eigenvalue weighted by atomic mass is 16.5. The lowest BCUT2D eigenvalue weighted by molar-refractivity contribution is 0.0734. The van der Waals surface area contributed by atoms with Crippen LogP contribution in [0.4, 0.5) is 0 Å². The van der Waals surface area contributed by atoms with Crippen LogP contribution in [0.25, 0.3) is 0 Å². The first-order valence-corrected chi connectivity index (χ1v) is 8.26. The van der Waals surface area contributed by atoms with Gasteiger partial charge in [0, 0.05) is 5.56 Å². The molecule has 0 saturated heterocycles. The predicted octanol–water partition coefficient (Wildman–Crippen LogP) is 4.30. The number of ether oxygens (including phenoxy) is 3. The lowest BCUT2D eigenvalue weighted by Crippen LogP contribution is -2.09. The third-order valence-corrected chi connectivity index (χ3v) is 3.63. The lowest BCUT2D eigenvalue weighted by Gasteiger charge is -2.12. The van der Waals surface area contributed by atoms with Crippen LogP contribution in [-0.4, -0.2) is 26.0 Å². The fourth-order valence-electron chi connectivity index (χ4n) is 2.23. The average molecular weight is 342 g/mol. The zero-order valence-electron chi connectivity index (χ0n) is 14.5. The number of rotatable bonds is 9. The van der Waals surface area contributed by atoms with E-state index >= 15 is 0 Å². The second kappa shape index (κ2) is 9.47. The van der Waals surface area contributed by atoms with Crippen molar-refractivity contribution in [3.63, 3.8) is 0 Å². The Morgan fingerprint density at radius 3 is 2.44 bits per heavy atom. The van der Waals surface area contributed by atoms with Crippen LogP contribution in [0.15, 0.2) is 42.5 Å². The maximum absolute atomic E-state index is 12.3. The van der Waals surface area contributed by atoms with Gasteiger partial charge in [-0.3, -0.25) is 4.79 Å². The van der Waals surface area contributed by atoms with Crippen LogP contribution < -0.4 is 14.2 Å². The fraction of sp³-hybridized carbons (Fsp3) is 0.300. The molecule has 5 nitrogen and oxygen atoms in total. The van der Waals surface area contributed by atoms with Crippen molar-refractivity contribution in [1.82, 2.24) is 0 Å². The standard InChI is InChI=1S/C20H22O5/c1-3-4-5-12-24-18-11-8-16(13-19(18)23-2)20(22)25-17-9-6-15(14-21)7-10-17/h6-11,13-14H,3-5,12H2,1-2H3. The summed E-state index contributed by atoms with van der Waals surface area (Å²) in [6.45, 7) is 2.74. The van der Waals surface area contributed by atoms with Crippen molar-refractivity contribution < 1.29 is 23.8 Å². The van der Waals surface area contributed by atoms with Crippen LogP contribution in [0.2, 0.25) is 0 Å². The van der Waals surface area contributed by atoms with E-state index in [4.69, 9.17) is 14.2 Å². The molecule has 2 aromatic rings. The van der Waals surface area contributed by atoms with E-state index < -0.39 is 5.97 Å². The minimum atomic E-state index is -0.505. The van der Waals surface area contributed by atoms with Crippen LogP contribution in [0.1, 0.15) is 46.9 Å². The van der Waals surface area contributed by atoms with Gasteiger partial charge in [-0.25, -0.2) is 4.79 Å². The van der Waals surface area contributed by atoms with Crippen molar-refractivity contribution in [1.29, 1.82) is 0 Å². The number of carbonyl (C=O) groups excluding carboxylic acids is 2. The van der Waals surface area contributed by atoms with Crippen molar-refractivity contribution in [3.8, 4) is 17.2 Å². The Balaban J connectivity index is 2.04. The topological polar surface area (TPSA) is 61.8 Å². The molecule has 0 N–H and O–H groups in total. The summed E-state index contributed by atoms with van der Waals surface area (Å²) in [6, 6.07) is 11.3. The summed E-state index contributed by atoms with van der Waals surface area (Å²) in [5.74, 6) is 0.955. The zero-order valence-corrected chi connectivity index (χ0v) is 14.5. The minimum Gasteiger partial charge on any atom is -0.493 e. The number of benzene rings is 2. The molecule has 2 aromatic carbocycles. The maximum Gasteiger partial charge on any atom is 0.343 e. The molecule has 0 aliphatic heterocycles. The van der Waals surface area contributed by atoms with Gasteiger partial charge in [-0.05, 0) is 48.9 Å². The second-order valence-corrected chi connectivity index (χ2v) is 5.50. The molecular formula is C20H22O5. The number of unbranched alkanes of at least 4 members (excludes halogenated alkanes) is 2. The van der Waals surface area contributed by atoms with Crippen molar-refractivity contribution in [3.05, 3.63) is 53.6 Å². The summed E-state index contributed by atoms with van der Waals surface area (Å²) in [6.07, 6.45) is 3.94. The van der Waals surface area contributed by atoms with Gasteiger partial charge in [-0.2, -0.15) is 0 Å². The van der Waals surface area contributed by atoms with E-state index in [1.807, 2.05) is 0 Å². The minimum absolute atomic E-state index is 0.359. The third kappa shape index (κ3) is 5.35. The summed E-state index contributed by atoms with van der Waals surface area (Å²) in [5, 5.41) is 0. The highest BCUT2D eigenvalue weighted by Crippen LogP contribution is 2.29. The van der Waals surface area contributed by atoms with E-state index in [2.05, 4.69) is 6.92 Å². The fourth-order valence-corrected chi connectivity index (χ4v) is 2.23. The van der Waals surface area contributed by atoms with E-state index in [1.54, 1.807) is 42.5 Å². The van der Waals surface area contributed by atoms with Gasteiger partial charge in [0.2, 0.25) is 0 Å². The Kier molecular flexibility index (Phi) is 7.01. The van der Waals surface area contributed by atoms with Crippen LogP contribution in [0.5, 0.6) is 17.2 Å². The highest BCUT2D eigenvalue weighted by Gasteiger charge is 2.13. The SMILES string of the molecule is CCCCCOc1ccc(C(=O)Oc2ccc(C=O)cc2)cc1OC. The van der Waals surface area contributed by atoms with E-state index in [0.717, 1.165) is 25.5 Å². The molecule has 0 saturated carbocycles. The number of hydrogen-bond donors (Lipinski definition) is 0. The number of methoxy groups -OCH3 is 1.